The van der Waals surface area contributed by atoms with Gasteiger partial charge in [-0.2, -0.15) is 11.8 Å². The average Bonchev–Trinajstić information content (AvgIpc) is 2.40. The van der Waals surface area contributed by atoms with Crippen molar-refractivity contribution in [2.75, 3.05) is 12.3 Å². The van der Waals surface area contributed by atoms with E-state index in [1.807, 2.05) is 30.0 Å². The molecule has 1 aromatic rings. The second-order valence-corrected chi connectivity index (χ2v) is 5.40. The zero-order valence-electron chi connectivity index (χ0n) is 10.7. The summed E-state index contributed by atoms with van der Waals surface area (Å²) in [4.78, 5) is 11.3. The zero-order chi connectivity index (χ0) is 13.4. The van der Waals surface area contributed by atoms with Crippen LogP contribution in [0, 0.1) is 5.92 Å². The lowest BCUT2D eigenvalue weighted by atomic mass is 10.1. The number of hydrogen-bond acceptors (Lipinski definition) is 4. The quantitative estimate of drug-likeness (QED) is 0.392. The van der Waals surface area contributed by atoms with Gasteiger partial charge in [0.25, 0.3) is 0 Å². The highest BCUT2D eigenvalue weighted by atomic mass is 32.2. The largest absolute Gasteiger partial charge is 0.330 e. The van der Waals surface area contributed by atoms with E-state index in [0.29, 0.717) is 18.9 Å². The molecule has 4 nitrogen and oxygen atoms in total. The SMILES string of the molecule is CC(CN)CSCc1ccccc1CC(=O)NN. The number of benzene rings is 1. The fourth-order valence-corrected chi connectivity index (χ4v) is 2.69. The van der Waals surface area contributed by atoms with E-state index in [0.717, 1.165) is 17.1 Å². The molecule has 0 radical (unpaired) electrons. The Balaban J connectivity index is 2.56. The smallest absolute Gasteiger partial charge is 0.238 e. The van der Waals surface area contributed by atoms with Gasteiger partial charge in [-0.1, -0.05) is 31.2 Å². The summed E-state index contributed by atoms with van der Waals surface area (Å²) in [5.74, 6) is 7.40. The van der Waals surface area contributed by atoms with Gasteiger partial charge in [-0.05, 0) is 29.3 Å². The first-order valence-electron chi connectivity index (χ1n) is 6.01. The highest BCUT2D eigenvalue weighted by molar-refractivity contribution is 7.98. The Morgan fingerprint density at radius 3 is 2.67 bits per heavy atom. The fourth-order valence-electron chi connectivity index (χ4n) is 1.53. The number of thioether (sulfide) groups is 1. The molecule has 1 amide bonds. The molecular formula is C13H21N3OS. The minimum Gasteiger partial charge on any atom is -0.330 e. The van der Waals surface area contributed by atoms with Crippen molar-refractivity contribution in [1.29, 1.82) is 0 Å². The van der Waals surface area contributed by atoms with Crippen molar-refractivity contribution >= 4 is 17.7 Å². The van der Waals surface area contributed by atoms with Crippen LogP contribution in [0.15, 0.2) is 24.3 Å². The molecular weight excluding hydrogens is 246 g/mol. The number of hydrogen-bond donors (Lipinski definition) is 3. The number of nitrogens with two attached hydrogens (primary N) is 2. The summed E-state index contributed by atoms with van der Waals surface area (Å²) in [6.07, 6.45) is 0.333. The summed E-state index contributed by atoms with van der Waals surface area (Å²) in [7, 11) is 0. The van der Waals surface area contributed by atoms with E-state index in [9.17, 15) is 4.79 Å². The summed E-state index contributed by atoms with van der Waals surface area (Å²) < 4.78 is 0. The number of carbonyl (C=O) groups excluding carboxylic acids is 1. The van der Waals surface area contributed by atoms with Crippen molar-refractivity contribution in [2.24, 2.45) is 17.5 Å². The maximum Gasteiger partial charge on any atom is 0.238 e. The van der Waals surface area contributed by atoms with Crippen LogP contribution in [0.5, 0.6) is 0 Å². The van der Waals surface area contributed by atoms with E-state index in [1.165, 1.54) is 5.56 Å². The molecule has 0 aliphatic carbocycles. The van der Waals surface area contributed by atoms with E-state index >= 15 is 0 Å². The second-order valence-electron chi connectivity index (χ2n) is 4.37. The van der Waals surface area contributed by atoms with Crippen LogP contribution in [-0.4, -0.2) is 18.2 Å². The molecule has 0 spiro atoms. The lowest BCUT2D eigenvalue weighted by molar-refractivity contribution is -0.120. The van der Waals surface area contributed by atoms with Crippen molar-refractivity contribution in [1.82, 2.24) is 5.43 Å². The third-order valence-corrected chi connectivity index (χ3v) is 4.01. The third-order valence-electron chi connectivity index (χ3n) is 2.69. The molecule has 0 fully saturated rings. The maximum absolute atomic E-state index is 11.3. The van der Waals surface area contributed by atoms with Crippen LogP contribution in [0.4, 0.5) is 0 Å². The molecule has 100 valence electrons. The first-order chi connectivity index (χ1) is 8.67. The van der Waals surface area contributed by atoms with E-state index in [1.54, 1.807) is 0 Å². The molecule has 1 aromatic carbocycles. The summed E-state index contributed by atoms with van der Waals surface area (Å²) in [6, 6.07) is 7.96. The predicted molar refractivity (Wildman–Crippen MR) is 76.9 cm³/mol. The fraction of sp³-hybridized carbons (Fsp3) is 0.462. The Morgan fingerprint density at radius 1 is 1.39 bits per heavy atom. The first-order valence-corrected chi connectivity index (χ1v) is 7.16. The van der Waals surface area contributed by atoms with Crippen LogP contribution in [-0.2, 0) is 17.0 Å². The second kappa shape index (κ2) is 8.13. The van der Waals surface area contributed by atoms with Crippen LogP contribution in [0.2, 0.25) is 0 Å². The highest BCUT2D eigenvalue weighted by Gasteiger charge is 2.07. The molecule has 5 heteroatoms. The minimum atomic E-state index is -0.164. The lowest BCUT2D eigenvalue weighted by Gasteiger charge is -2.11. The van der Waals surface area contributed by atoms with Crippen molar-refractivity contribution in [2.45, 2.75) is 19.1 Å². The van der Waals surface area contributed by atoms with Crippen LogP contribution in [0.25, 0.3) is 0 Å². The van der Waals surface area contributed by atoms with Crippen LogP contribution in [0.1, 0.15) is 18.1 Å². The van der Waals surface area contributed by atoms with Gasteiger partial charge >= 0.3 is 0 Å². The molecule has 0 aliphatic heterocycles. The third kappa shape index (κ3) is 5.08. The molecule has 1 atom stereocenters. The summed E-state index contributed by atoms with van der Waals surface area (Å²) >= 11 is 1.84. The molecule has 0 heterocycles. The predicted octanol–water partition coefficient (Wildman–Crippen LogP) is 1.05. The van der Waals surface area contributed by atoms with E-state index in [-0.39, 0.29) is 5.91 Å². The molecule has 5 N–H and O–H groups in total. The molecule has 18 heavy (non-hydrogen) atoms. The Morgan fingerprint density at radius 2 is 2.06 bits per heavy atom. The zero-order valence-corrected chi connectivity index (χ0v) is 11.5. The Hall–Kier alpha value is -1.04. The number of hydrazine groups is 1. The van der Waals surface area contributed by atoms with Gasteiger partial charge in [-0.25, -0.2) is 5.84 Å². The van der Waals surface area contributed by atoms with Gasteiger partial charge in [0.15, 0.2) is 0 Å². The van der Waals surface area contributed by atoms with Gasteiger partial charge in [-0.15, -0.1) is 0 Å². The van der Waals surface area contributed by atoms with Gasteiger partial charge < -0.3 is 5.73 Å². The van der Waals surface area contributed by atoms with Crippen molar-refractivity contribution in [3.05, 3.63) is 35.4 Å². The number of rotatable bonds is 7. The molecule has 0 aliphatic rings. The number of nitrogens with one attached hydrogen (secondary N) is 1. The number of amides is 1. The Bertz CT molecular complexity index is 384. The molecule has 1 rings (SSSR count). The standard InChI is InChI=1S/C13H21N3OS/c1-10(7-14)8-18-9-12-5-3-2-4-11(12)6-13(17)16-15/h2-5,10H,6-9,14-15H2,1H3,(H,16,17). The summed E-state index contributed by atoms with van der Waals surface area (Å²) in [5, 5.41) is 0. The lowest BCUT2D eigenvalue weighted by Crippen LogP contribution is -2.31. The minimum absolute atomic E-state index is 0.164. The molecule has 0 saturated carbocycles. The molecule has 1 unspecified atom stereocenters. The van der Waals surface area contributed by atoms with Gasteiger partial charge in [0.2, 0.25) is 5.91 Å². The van der Waals surface area contributed by atoms with Crippen LogP contribution >= 0.6 is 11.8 Å². The van der Waals surface area contributed by atoms with Crippen molar-refractivity contribution in [3.63, 3.8) is 0 Å². The van der Waals surface area contributed by atoms with E-state index in [2.05, 4.69) is 18.4 Å². The monoisotopic (exact) mass is 267 g/mol. The van der Waals surface area contributed by atoms with Gasteiger partial charge in [0.1, 0.15) is 0 Å². The van der Waals surface area contributed by atoms with Crippen molar-refractivity contribution < 1.29 is 4.79 Å². The van der Waals surface area contributed by atoms with Crippen molar-refractivity contribution in [3.8, 4) is 0 Å². The molecule has 0 aromatic heterocycles. The van der Waals surface area contributed by atoms with Gasteiger partial charge in [-0.3, -0.25) is 10.2 Å². The van der Waals surface area contributed by atoms with Gasteiger partial charge in [0, 0.05) is 5.75 Å². The Labute approximate surface area is 112 Å². The average molecular weight is 267 g/mol. The topological polar surface area (TPSA) is 81.1 Å². The molecule has 0 saturated heterocycles. The normalized spacial score (nSPS) is 12.2. The maximum atomic E-state index is 11.3. The van der Waals surface area contributed by atoms with E-state index in [4.69, 9.17) is 11.6 Å². The summed E-state index contributed by atoms with van der Waals surface area (Å²) in [6.45, 7) is 2.85. The van der Waals surface area contributed by atoms with Crippen LogP contribution in [0.3, 0.4) is 0 Å². The Kier molecular flexibility index (Phi) is 6.78. The molecule has 0 bridgehead atoms. The summed E-state index contributed by atoms with van der Waals surface area (Å²) in [5.41, 5.74) is 9.97. The first kappa shape index (κ1) is 15.0. The van der Waals surface area contributed by atoms with Gasteiger partial charge in [0.05, 0.1) is 6.42 Å². The van der Waals surface area contributed by atoms with Crippen LogP contribution < -0.4 is 17.0 Å². The van der Waals surface area contributed by atoms with E-state index < -0.39 is 0 Å². The highest BCUT2D eigenvalue weighted by Crippen LogP contribution is 2.19. The number of carbonyl (C=O) groups is 1.